The van der Waals surface area contributed by atoms with Crippen LogP contribution in [-0.2, 0) is 11.6 Å². The Morgan fingerprint density at radius 2 is 1.81 bits per heavy atom. The van der Waals surface area contributed by atoms with Crippen molar-refractivity contribution in [2.24, 2.45) is 12.8 Å². The molecule has 0 aliphatic heterocycles. The van der Waals surface area contributed by atoms with Gasteiger partial charge in [-0.2, -0.15) is 5.10 Å². The Labute approximate surface area is 213 Å². The number of benzene rings is 1. The minimum Gasteiger partial charge on any atom is -0.494 e. The number of amides is 3. The molecule has 2 heterocycles. The predicted molar refractivity (Wildman–Crippen MR) is 140 cm³/mol. The molecule has 0 unspecified atom stereocenters. The summed E-state index contributed by atoms with van der Waals surface area (Å²) in [5, 5.41) is 20.5. The van der Waals surface area contributed by atoms with Crippen molar-refractivity contribution in [1.82, 2.24) is 25.3 Å². The van der Waals surface area contributed by atoms with Gasteiger partial charge in [0.25, 0.3) is 5.91 Å². The summed E-state index contributed by atoms with van der Waals surface area (Å²) in [6.07, 6.45) is 4.04. The lowest BCUT2D eigenvalue weighted by atomic mass is 10.1. The number of aromatic nitrogens is 4. The lowest BCUT2D eigenvalue weighted by Gasteiger charge is -2.17. The van der Waals surface area contributed by atoms with E-state index in [0.717, 1.165) is 31.1 Å². The quantitative estimate of drug-likeness (QED) is 0.310. The number of anilines is 3. The maximum atomic E-state index is 14.1. The molecule has 0 spiro atoms. The summed E-state index contributed by atoms with van der Waals surface area (Å²) in [5.74, 6) is -0.206. The number of methoxy groups -OCH3 is 1. The molecule has 1 aromatic carbocycles. The molecule has 0 atom stereocenters. The van der Waals surface area contributed by atoms with E-state index in [1.54, 1.807) is 10.7 Å². The van der Waals surface area contributed by atoms with Crippen molar-refractivity contribution < 1.29 is 18.9 Å². The zero-order chi connectivity index (χ0) is 26.3. The molecular weight excluding hydrogens is 495 g/mol. The van der Waals surface area contributed by atoms with Crippen molar-refractivity contribution >= 4 is 41.7 Å². The number of rotatable bonds is 9. The van der Waals surface area contributed by atoms with Gasteiger partial charge in [-0.1, -0.05) is 6.07 Å². The van der Waals surface area contributed by atoms with E-state index < -0.39 is 19.1 Å². The summed E-state index contributed by atoms with van der Waals surface area (Å²) in [7, 11) is 2.32. The van der Waals surface area contributed by atoms with Crippen LogP contribution < -0.4 is 31.9 Å². The van der Waals surface area contributed by atoms with Gasteiger partial charge in [-0.15, -0.1) is 10.2 Å². The fraction of sp³-hybridized carbons (Fsp3) is 0.375. The Morgan fingerprint density at radius 3 is 2.41 bits per heavy atom. The largest absolute Gasteiger partial charge is 0.494 e. The number of ether oxygens (including phenoxy) is 1. The Morgan fingerprint density at radius 1 is 1.11 bits per heavy atom. The first-order chi connectivity index (χ1) is 17.8. The van der Waals surface area contributed by atoms with Crippen LogP contribution in [0, 0.1) is 0 Å². The molecule has 194 valence electrons. The highest BCUT2D eigenvalue weighted by Gasteiger charge is 2.53. The fourth-order valence-corrected chi connectivity index (χ4v) is 8.61. The third-order valence-corrected chi connectivity index (χ3v) is 11.0. The van der Waals surface area contributed by atoms with Gasteiger partial charge in [0.2, 0.25) is 0 Å². The normalized spacial score (nSPS) is 15.2. The number of hydrogen-bond acceptors (Lipinski definition) is 8. The van der Waals surface area contributed by atoms with Crippen LogP contribution in [0.2, 0.25) is 0 Å². The van der Waals surface area contributed by atoms with Crippen LogP contribution in [0.1, 0.15) is 36.2 Å². The highest BCUT2D eigenvalue weighted by atomic mass is 31.2. The Kier molecular flexibility index (Phi) is 6.36. The first-order valence-corrected chi connectivity index (χ1v) is 13.9. The number of nitrogens with zero attached hydrogens (tertiary/aromatic N) is 4. The molecule has 0 bridgehead atoms. The standard InChI is InChI=1S/C24H29N8O4P/c1-26-24(34)28-19-11-18(21(23(25)33)30-29-19)27-16-6-4-5-15(22(16)36-3)17-12-20(32(2)31-17)37(35,13-7-8-13)14-9-10-14/h4-6,11-14H,7-10H2,1-3H3,(H2,25,33)(H3,26,27,28,29,34). The molecule has 3 amide bonds. The van der Waals surface area contributed by atoms with Gasteiger partial charge in [-0.3, -0.25) is 14.8 Å². The van der Waals surface area contributed by atoms with E-state index in [1.165, 1.54) is 20.2 Å². The average molecular weight is 525 g/mol. The van der Waals surface area contributed by atoms with E-state index in [1.807, 2.05) is 25.2 Å². The van der Waals surface area contributed by atoms with Crippen molar-refractivity contribution in [2.45, 2.75) is 37.0 Å². The minimum atomic E-state index is -2.52. The van der Waals surface area contributed by atoms with E-state index in [2.05, 4.69) is 26.1 Å². The molecule has 2 fully saturated rings. The van der Waals surface area contributed by atoms with Gasteiger partial charge in [-0.05, 0) is 43.9 Å². The second-order valence-electron chi connectivity index (χ2n) is 9.25. The third-order valence-electron chi connectivity index (χ3n) is 6.65. The molecule has 2 aliphatic rings. The second-order valence-corrected chi connectivity index (χ2v) is 12.6. The lowest BCUT2D eigenvalue weighted by Crippen LogP contribution is -2.25. The predicted octanol–water partition coefficient (Wildman–Crippen LogP) is 2.79. The summed E-state index contributed by atoms with van der Waals surface area (Å²) < 4.78 is 21.6. The molecule has 2 aromatic heterocycles. The summed E-state index contributed by atoms with van der Waals surface area (Å²) >= 11 is 0. The molecule has 12 nitrogen and oxygen atoms in total. The van der Waals surface area contributed by atoms with E-state index in [0.29, 0.717) is 22.7 Å². The van der Waals surface area contributed by atoms with Gasteiger partial charge < -0.3 is 25.7 Å². The van der Waals surface area contributed by atoms with Crippen molar-refractivity contribution in [3.05, 3.63) is 36.0 Å². The van der Waals surface area contributed by atoms with Crippen molar-refractivity contribution in [3.63, 3.8) is 0 Å². The van der Waals surface area contributed by atoms with Crippen LogP contribution in [0.15, 0.2) is 30.3 Å². The number of primary amides is 1. The SMILES string of the molecule is CNC(=O)Nc1cc(Nc2cccc(-c3cc(P(=O)(C4CC4)C4CC4)n(C)n3)c2OC)c(C(N)=O)nn1. The average Bonchev–Trinajstić information content (AvgIpc) is 3.80. The zero-order valence-electron chi connectivity index (χ0n) is 20.8. The molecule has 2 aliphatic carbocycles. The van der Waals surface area contributed by atoms with Crippen LogP contribution in [0.25, 0.3) is 11.3 Å². The van der Waals surface area contributed by atoms with Crippen LogP contribution >= 0.6 is 7.14 Å². The number of hydrogen-bond donors (Lipinski definition) is 4. The lowest BCUT2D eigenvalue weighted by molar-refractivity contribution is 0.0995. The second kappa shape index (κ2) is 9.51. The Bertz CT molecular complexity index is 1410. The van der Waals surface area contributed by atoms with Gasteiger partial charge in [0.05, 0.1) is 29.6 Å². The minimum absolute atomic E-state index is 0.107. The van der Waals surface area contributed by atoms with Crippen molar-refractivity contribution in [1.29, 1.82) is 0 Å². The van der Waals surface area contributed by atoms with Crippen molar-refractivity contribution in [3.8, 4) is 17.0 Å². The zero-order valence-corrected chi connectivity index (χ0v) is 21.7. The number of nitrogens with one attached hydrogen (secondary N) is 3. The van der Waals surface area contributed by atoms with Gasteiger partial charge >= 0.3 is 6.03 Å². The fourth-order valence-electron chi connectivity index (χ4n) is 4.62. The molecule has 3 aromatic rings. The highest BCUT2D eigenvalue weighted by Crippen LogP contribution is 2.69. The molecule has 2 saturated carbocycles. The number of carbonyl (C=O) groups excluding carboxylic acids is 2. The van der Waals surface area contributed by atoms with Crippen molar-refractivity contribution in [2.75, 3.05) is 24.8 Å². The van der Waals surface area contributed by atoms with Crippen LogP contribution in [0.3, 0.4) is 0 Å². The highest BCUT2D eigenvalue weighted by molar-refractivity contribution is 7.73. The van der Waals surface area contributed by atoms with Gasteiger partial charge in [0, 0.05) is 37.0 Å². The first kappa shape index (κ1) is 24.8. The van der Waals surface area contributed by atoms with Gasteiger partial charge in [0.15, 0.2) is 17.3 Å². The summed E-state index contributed by atoms with van der Waals surface area (Å²) in [4.78, 5) is 23.7. The van der Waals surface area contributed by atoms with Gasteiger partial charge in [0.1, 0.15) is 7.14 Å². The molecule has 37 heavy (non-hydrogen) atoms. The third kappa shape index (κ3) is 4.64. The number of para-hydroxylation sites is 1. The smallest absolute Gasteiger partial charge is 0.320 e. The van der Waals surface area contributed by atoms with Crippen LogP contribution in [-0.4, -0.2) is 57.4 Å². The number of aryl methyl sites for hydroxylation is 1. The number of carbonyl (C=O) groups is 2. The summed E-state index contributed by atoms with van der Waals surface area (Å²) in [5.41, 5.74) is 8.83. The Balaban J connectivity index is 1.52. The Hall–Kier alpha value is -3.92. The van der Waals surface area contributed by atoms with Crippen LogP contribution in [0.4, 0.5) is 22.0 Å². The van der Waals surface area contributed by atoms with Gasteiger partial charge in [-0.25, -0.2) is 4.79 Å². The maximum absolute atomic E-state index is 14.1. The molecular formula is C24H29N8O4P. The molecule has 0 saturated heterocycles. The number of urea groups is 1. The molecule has 5 N–H and O–H groups in total. The monoisotopic (exact) mass is 524 g/mol. The molecule has 5 rings (SSSR count). The topological polar surface area (TPSA) is 166 Å². The number of nitrogens with two attached hydrogens (primary N) is 1. The van der Waals surface area contributed by atoms with E-state index >= 15 is 0 Å². The summed E-state index contributed by atoms with van der Waals surface area (Å²) in [6.45, 7) is 0. The summed E-state index contributed by atoms with van der Waals surface area (Å²) in [6, 6.07) is 8.34. The maximum Gasteiger partial charge on any atom is 0.320 e. The van der Waals surface area contributed by atoms with E-state index in [4.69, 9.17) is 15.6 Å². The molecule has 13 heteroatoms. The first-order valence-electron chi connectivity index (χ1n) is 12.0. The van der Waals surface area contributed by atoms with E-state index in [9.17, 15) is 14.2 Å². The molecule has 0 radical (unpaired) electrons. The van der Waals surface area contributed by atoms with Crippen LogP contribution in [0.5, 0.6) is 5.75 Å². The van der Waals surface area contributed by atoms with E-state index in [-0.39, 0.29) is 28.5 Å².